The van der Waals surface area contributed by atoms with Gasteiger partial charge in [0, 0.05) is 19.0 Å². The summed E-state index contributed by atoms with van der Waals surface area (Å²) in [4.78, 5) is 15.0. The van der Waals surface area contributed by atoms with E-state index in [2.05, 4.69) is 39.8 Å². The molecule has 1 saturated heterocycles. The second kappa shape index (κ2) is 8.60. The third kappa shape index (κ3) is 5.21. The van der Waals surface area contributed by atoms with Gasteiger partial charge >= 0.3 is 7.12 Å². The van der Waals surface area contributed by atoms with Crippen LogP contribution in [0.4, 0.5) is 5.69 Å². The Labute approximate surface area is 197 Å². The summed E-state index contributed by atoms with van der Waals surface area (Å²) in [6.45, 7) is 12.5. The number of hydrogen-bond acceptors (Lipinski definition) is 5. The molecular formula is C26H36BNO5. The van der Waals surface area contributed by atoms with Gasteiger partial charge in [0.2, 0.25) is 5.91 Å². The lowest BCUT2D eigenvalue weighted by molar-refractivity contribution is -0.117. The van der Waals surface area contributed by atoms with Crippen molar-refractivity contribution in [2.75, 3.05) is 18.1 Å². The molecule has 178 valence electrons. The van der Waals surface area contributed by atoms with Crippen LogP contribution in [0.2, 0.25) is 0 Å². The zero-order valence-corrected chi connectivity index (χ0v) is 20.7. The minimum absolute atomic E-state index is 0.104. The Morgan fingerprint density at radius 2 is 1.82 bits per heavy atom. The quantitative estimate of drug-likeness (QED) is 0.647. The van der Waals surface area contributed by atoms with Crippen molar-refractivity contribution in [2.24, 2.45) is 0 Å². The Bertz CT molecular complexity index is 973. The Morgan fingerprint density at radius 3 is 2.42 bits per heavy atom. The van der Waals surface area contributed by atoms with Crippen LogP contribution < -0.4 is 9.64 Å². The van der Waals surface area contributed by atoms with Crippen LogP contribution in [0.3, 0.4) is 0 Å². The summed E-state index contributed by atoms with van der Waals surface area (Å²) in [6, 6.07) is 5.84. The van der Waals surface area contributed by atoms with E-state index in [0.717, 1.165) is 41.6 Å². The molecule has 1 amide bonds. The number of carbonyl (C=O) groups is 1. The number of amides is 1. The van der Waals surface area contributed by atoms with Gasteiger partial charge in [0.25, 0.3) is 0 Å². The Balaban J connectivity index is 1.40. The van der Waals surface area contributed by atoms with Gasteiger partial charge in [-0.25, -0.2) is 0 Å². The SMILES string of the molecule is CC(C)(O)COc1ccc2c(c1)N(C(=O)CC1=CC=C(B3OC(C)(C)C(C)(C)O3)CC1)CC2. The smallest absolute Gasteiger partial charge is 0.490 e. The van der Waals surface area contributed by atoms with Gasteiger partial charge in [0.1, 0.15) is 12.4 Å². The minimum atomic E-state index is -0.908. The van der Waals surface area contributed by atoms with E-state index in [1.807, 2.05) is 23.1 Å². The average molecular weight is 453 g/mol. The summed E-state index contributed by atoms with van der Waals surface area (Å²) in [7, 11) is -0.323. The molecule has 0 spiro atoms. The van der Waals surface area contributed by atoms with Gasteiger partial charge in [-0.05, 0) is 77.9 Å². The van der Waals surface area contributed by atoms with Crippen molar-refractivity contribution in [3.8, 4) is 5.75 Å². The fourth-order valence-electron chi connectivity index (χ4n) is 4.29. The molecule has 6 nitrogen and oxygen atoms in total. The number of fused-ring (bicyclic) bond motifs is 1. The molecule has 1 fully saturated rings. The highest BCUT2D eigenvalue weighted by molar-refractivity contribution is 6.54. The summed E-state index contributed by atoms with van der Waals surface area (Å²) in [5.74, 6) is 0.773. The first-order valence-electron chi connectivity index (χ1n) is 11.9. The molecule has 3 aliphatic rings. The molecule has 0 aromatic heterocycles. The molecule has 0 saturated carbocycles. The zero-order valence-electron chi connectivity index (χ0n) is 20.7. The van der Waals surface area contributed by atoms with Crippen molar-refractivity contribution in [3.05, 3.63) is 47.0 Å². The third-order valence-electron chi connectivity index (χ3n) is 7.05. The zero-order chi connectivity index (χ0) is 24.0. The predicted molar refractivity (Wildman–Crippen MR) is 130 cm³/mol. The van der Waals surface area contributed by atoms with Crippen LogP contribution in [0.25, 0.3) is 0 Å². The molecule has 1 aromatic rings. The number of ether oxygens (including phenoxy) is 1. The maximum absolute atomic E-state index is 13.1. The van der Waals surface area contributed by atoms with Crippen LogP contribution >= 0.6 is 0 Å². The lowest BCUT2D eigenvalue weighted by Crippen LogP contribution is -2.41. The molecule has 2 heterocycles. The number of rotatable bonds is 6. The molecule has 0 atom stereocenters. The normalized spacial score (nSPS) is 21.5. The van der Waals surface area contributed by atoms with Gasteiger partial charge < -0.3 is 24.1 Å². The Kier molecular flexibility index (Phi) is 6.27. The van der Waals surface area contributed by atoms with Gasteiger partial charge in [-0.2, -0.15) is 0 Å². The molecule has 1 N–H and O–H groups in total. The molecule has 0 radical (unpaired) electrons. The summed E-state index contributed by atoms with van der Waals surface area (Å²) >= 11 is 0. The van der Waals surface area contributed by atoms with E-state index in [9.17, 15) is 9.90 Å². The van der Waals surface area contributed by atoms with Crippen LogP contribution in [0.15, 0.2) is 41.4 Å². The van der Waals surface area contributed by atoms with Crippen LogP contribution in [0.1, 0.15) is 66.4 Å². The fraction of sp³-hybridized carbons (Fsp3) is 0.577. The lowest BCUT2D eigenvalue weighted by Gasteiger charge is -2.32. The van der Waals surface area contributed by atoms with Crippen molar-refractivity contribution in [3.63, 3.8) is 0 Å². The highest BCUT2D eigenvalue weighted by Gasteiger charge is 2.52. The second-order valence-corrected chi connectivity index (χ2v) is 11.0. The number of aliphatic hydroxyl groups is 1. The van der Waals surface area contributed by atoms with Gasteiger partial charge in [-0.15, -0.1) is 0 Å². The van der Waals surface area contributed by atoms with Crippen LogP contribution in [0.5, 0.6) is 5.75 Å². The summed E-state index contributed by atoms with van der Waals surface area (Å²) in [5, 5.41) is 9.92. The average Bonchev–Trinajstić information content (AvgIpc) is 3.23. The van der Waals surface area contributed by atoms with Crippen LogP contribution in [0, 0.1) is 0 Å². The lowest BCUT2D eigenvalue weighted by atomic mass is 9.72. The Hall–Kier alpha value is -2.09. The van der Waals surface area contributed by atoms with E-state index in [4.69, 9.17) is 14.0 Å². The van der Waals surface area contributed by atoms with Gasteiger partial charge in [0.15, 0.2) is 0 Å². The van der Waals surface area contributed by atoms with Gasteiger partial charge in [-0.3, -0.25) is 4.79 Å². The number of benzene rings is 1. The van der Waals surface area contributed by atoms with Crippen molar-refractivity contribution in [1.29, 1.82) is 0 Å². The molecule has 7 heteroatoms. The number of carbonyl (C=O) groups excluding carboxylic acids is 1. The largest absolute Gasteiger partial charge is 0.491 e. The molecular weight excluding hydrogens is 417 g/mol. The number of hydrogen-bond donors (Lipinski definition) is 1. The van der Waals surface area contributed by atoms with E-state index in [-0.39, 0.29) is 30.8 Å². The van der Waals surface area contributed by atoms with Gasteiger partial charge in [0.05, 0.1) is 22.5 Å². The molecule has 1 aromatic carbocycles. The van der Waals surface area contributed by atoms with E-state index in [0.29, 0.717) is 18.7 Å². The molecule has 33 heavy (non-hydrogen) atoms. The van der Waals surface area contributed by atoms with Crippen LogP contribution in [-0.4, -0.2) is 48.1 Å². The highest BCUT2D eigenvalue weighted by Crippen LogP contribution is 2.40. The van der Waals surface area contributed by atoms with Gasteiger partial charge in [-0.1, -0.05) is 23.8 Å². The molecule has 1 aliphatic carbocycles. The monoisotopic (exact) mass is 453 g/mol. The number of anilines is 1. The third-order valence-corrected chi connectivity index (χ3v) is 7.05. The first-order valence-corrected chi connectivity index (χ1v) is 11.9. The highest BCUT2D eigenvalue weighted by atomic mass is 16.7. The van der Waals surface area contributed by atoms with Crippen molar-refractivity contribution >= 4 is 18.7 Å². The fourth-order valence-corrected chi connectivity index (χ4v) is 4.29. The summed E-state index contributed by atoms with van der Waals surface area (Å²) in [6.07, 6.45) is 7.04. The summed E-state index contributed by atoms with van der Waals surface area (Å²) in [5.41, 5.74) is 2.72. The summed E-state index contributed by atoms with van der Waals surface area (Å²) < 4.78 is 18.1. The Morgan fingerprint density at radius 1 is 1.12 bits per heavy atom. The van der Waals surface area contributed by atoms with E-state index in [1.165, 1.54) is 0 Å². The topological polar surface area (TPSA) is 68.2 Å². The standard InChI is InChI=1S/C26H36BNO5/c1-24(2,30)17-31-21-12-9-19-13-14-28(22(19)16-21)23(29)15-18-7-10-20(11-8-18)27-32-25(3,4)26(5,6)33-27/h7,9-10,12,16,30H,8,11,13-15,17H2,1-6H3. The molecule has 2 aliphatic heterocycles. The van der Waals surface area contributed by atoms with Crippen molar-refractivity contribution in [2.45, 2.75) is 84.0 Å². The first kappa shape index (κ1) is 24.1. The maximum Gasteiger partial charge on any atom is 0.490 e. The first-order chi connectivity index (χ1) is 15.3. The number of nitrogens with zero attached hydrogens (tertiary/aromatic N) is 1. The second-order valence-electron chi connectivity index (χ2n) is 11.0. The molecule has 4 rings (SSSR count). The molecule has 0 bridgehead atoms. The maximum atomic E-state index is 13.1. The van der Waals surface area contributed by atoms with Crippen molar-refractivity contribution in [1.82, 2.24) is 0 Å². The van der Waals surface area contributed by atoms with E-state index in [1.54, 1.807) is 13.8 Å². The van der Waals surface area contributed by atoms with Crippen LogP contribution in [-0.2, 0) is 20.5 Å². The molecule has 0 unspecified atom stereocenters. The number of allylic oxidation sites excluding steroid dienone is 3. The van der Waals surface area contributed by atoms with E-state index >= 15 is 0 Å². The predicted octanol–water partition coefficient (Wildman–Crippen LogP) is 4.39. The minimum Gasteiger partial charge on any atom is -0.491 e. The van der Waals surface area contributed by atoms with E-state index < -0.39 is 5.60 Å². The van der Waals surface area contributed by atoms with Crippen molar-refractivity contribution < 1.29 is 23.9 Å².